The molecule has 0 spiro atoms. The third-order valence-electron chi connectivity index (χ3n) is 3.72. The van der Waals surface area contributed by atoms with Crippen LogP contribution in [-0.4, -0.2) is 9.55 Å². The van der Waals surface area contributed by atoms with E-state index in [1.165, 1.54) is 5.56 Å². The van der Waals surface area contributed by atoms with Crippen LogP contribution in [-0.2, 0) is 0 Å². The smallest absolute Gasteiger partial charge is 0.128 e. The van der Waals surface area contributed by atoms with E-state index >= 15 is 0 Å². The summed E-state index contributed by atoms with van der Waals surface area (Å²) >= 11 is 12.6. The van der Waals surface area contributed by atoms with Crippen LogP contribution in [0.2, 0.25) is 5.02 Å². The number of halogens is 2. The predicted octanol–water partition coefficient (Wildman–Crippen LogP) is 5.60. The molecule has 2 aromatic carbocycles. The second-order valence-corrected chi connectivity index (χ2v) is 6.21. The molecule has 21 heavy (non-hydrogen) atoms. The number of hydrogen-bond acceptors (Lipinski definition) is 1. The van der Waals surface area contributed by atoms with Gasteiger partial charge in [0.2, 0.25) is 0 Å². The zero-order valence-electron chi connectivity index (χ0n) is 11.9. The SMILES string of the molecule is CC(Cl)c1nc2c(Cl)cccc2n1C(C)c1ccccc1. The fraction of sp³-hybridized carbons (Fsp3) is 0.235. The average molecular weight is 319 g/mol. The van der Waals surface area contributed by atoms with Crippen LogP contribution in [0.25, 0.3) is 11.0 Å². The second kappa shape index (κ2) is 5.70. The number of benzene rings is 2. The Hall–Kier alpha value is -1.51. The van der Waals surface area contributed by atoms with E-state index in [4.69, 9.17) is 23.2 Å². The Morgan fingerprint density at radius 3 is 2.38 bits per heavy atom. The summed E-state index contributed by atoms with van der Waals surface area (Å²) in [6.07, 6.45) is 0. The molecule has 0 radical (unpaired) electrons. The van der Waals surface area contributed by atoms with E-state index in [0.717, 1.165) is 16.9 Å². The number of rotatable bonds is 3. The molecule has 2 atom stereocenters. The van der Waals surface area contributed by atoms with Crippen LogP contribution >= 0.6 is 23.2 Å². The maximum absolute atomic E-state index is 6.34. The Kier molecular flexibility index (Phi) is 3.92. The van der Waals surface area contributed by atoms with Crippen LogP contribution in [0, 0.1) is 0 Å². The molecule has 4 heteroatoms. The summed E-state index contributed by atoms with van der Waals surface area (Å²) in [5.41, 5.74) is 3.04. The molecular weight excluding hydrogens is 303 g/mol. The lowest BCUT2D eigenvalue weighted by Gasteiger charge is -2.19. The van der Waals surface area contributed by atoms with Gasteiger partial charge in [-0.2, -0.15) is 0 Å². The molecule has 1 aromatic heterocycles. The van der Waals surface area contributed by atoms with Gasteiger partial charge in [-0.3, -0.25) is 0 Å². The fourth-order valence-corrected chi connectivity index (χ4v) is 3.03. The lowest BCUT2D eigenvalue weighted by molar-refractivity contribution is 0.618. The minimum absolute atomic E-state index is 0.144. The van der Waals surface area contributed by atoms with Crippen LogP contribution in [0.1, 0.15) is 36.7 Å². The Morgan fingerprint density at radius 2 is 1.71 bits per heavy atom. The molecule has 0 fully saturated rings. The number of fused-ring (bicyclic) bond motifs is 1. The highest BCUT2D eigenvalue weighted by molar-refractivity contribution is 6.35. The normalized spacial score (nSPS) is 14.3. The van der Waals surface area contributed by atoms with E-state index in [0.29, 0.717) is 5.02 Å². The largest absolute Gasteiger partial charge is 0.319 e. The number of aromatic nitrogens is 2. The van der Waals surface area contributed by atoms with E-state index in [-0.39, 0.29) is 11.4 Å². The van der Waals surface area contributed by atoms with Gasteiger partial charge in [-0.05, 0) is 31.5 Å². The fourth-order valence-electron chi connectivity index (χ4n) is 2.67. The third kappa shape index (κ3) is 2.54. The maximum atomic E-state index is 6.34. The van der Waals surface area contributed by atoms with E-state index in [9.17, 15) is 0 Å². The van der Waals surface area contributed by atoms with Crippen molar-refractivity contribution in [1.29, 1.82) is 0 Å². The minimum atomic E-state index is -0.181. The summed E-state index contributed by atoms with van der Waals surface area (Å²) < 4.78 is 2.17. The quantitative estimate of drug-likeness (QED) is 0.575. The van der Waals surface area contributed by atoms with Gasteiger partial charge in [0, 0.05) is 0 Å². The lowest BCUT2D eigenvalue weighted by Crippen LogP contribution is -2.11. The molecule has 0 aliphatic heterocycles. The zero-order valence-corrected chi connectivity index (χ0v) is 13.4. The monoisotopic (exact) mass is 318 g/mol. The van der Waals surface area contributed by atoms with Crippen molar-refractivity contribution in [2.75, 3.05) is 0 Å². The Bertz CT molecular complexity index is 763. The first kappa shape index (κ1) is 14.4. The van der Waals surface area contributed by atoms with Crippen molar-refractivity contribution < 1.29 is 0 Å². The number of alkyl halides is 1. The molecule has 0 amide bonds. The van der Waals surface area contributed by atoms with Crippen molar-refractivity contribution in [2.45, 2.75) is 25.3 Å². The summed E-state index contributed by atoms with van der Waals surface area (Å²) in [6.45, 7) is 4.09. The molecule has 2 unspecified atom stereocenters. The standard InChI is InChI=1S/C17H16Cl2N2/c1-11(18)17-20-16-14(19)9-6-10-15(16)21(17)12(2)13-7-4-3-5-8-13/h3-12H,1-2H3. The lowest BCUT2D eigenvalue weighted by atomic mass is 10.1. The Labute approximate surface area is 134 Å². The van der Waals surface area contributed by atoms with Gasteiger partial charge in [-0.1, -0.05) is 48.0 Å². The first-order valence-corrected chi connectivity index (χ1v) is 7.76. The highest BCUT2D eigenvalue weighted by Crippen LogP contribution is 2.33. The van der Waals surface area contributed by atoms with E-state index in [1.807, 2.05) is 43.3 Å². The van der Waals surface area contributed by atoms with E-state index in [2.05, 4.69) is 28.6 Å². The summed E-state index contributed by atoms with van der Waals surface area (Å²) in [7, 11) is 0. The van der Waals surface area contributed by atoms with Crippen LogP contribution in [0.3, 0.4) is 0 Å². The van der Waals surface area contributed by atoms with Crippen molar-refractivity contribution in [2.24, 2.45) is 0 Å². The molecule has 1 heterocycles. The van der Waals surface area contributed by atoms with Gasteiger partial charge < -0.3 is 4.57 Å². The first-order chi connectivity index (χ1) is 10.1. The van der Waals surface area contributed by atoms with Gasteiger partial charge in [-0.25, -0.2) is 4.98 Å². The summed E-state index contributed by atoms with van der Waals surface area (Å²) in [5.74, 6) is 0.844. The third-order valence-corrected chi connectivity index (χ3v) is 4.22. The van der Waals surface area contributed by atoms with E-state index < -0.39 is 0 Å². The molecule has 0 N–H and O–H groups in total. The Morgan fingerprint density at radius 1 is 1.00 bits per heavy atom. The molecule has 2 nitrogen and oxygen atoms in total. The van der Waals surface area contributed by atoms with Gasteiger partial charge in [0.1, 0.15) is 11.3 Å². The van der Waals surface area contributed by atoms with Crippen LogP contribution < -0.4 is 0 Å². The minimum Gasteiger partial charge on any atom is -0.319 e. The predicted molar refractivity (Wildman–Crippen MR) is 89.3 cm³/mol. The number of imidazole rings is 1. The van der Waals surface area contributed by atoms with Gasteiger partial charge in [-0.15, -0.1) is 11.6 Å². The van der Waals surface area contributed by atoms with Crippen molar-refractivity contribution in [3.63, 3.8) is 0 Å². The van der Waals surface area contributed by atoms with Crippen molar-refractivity contribution >= 4 is 34.2 Å². The van der Waals surface area contributed by atoms with Crippen molar-refractivity contribution in [1.82, 2.24) is 9.55 Å². The summed E-state index contributed by atoms with van der Waals surface area (Å²) in [5, 5.41) is 0.477. The molecular formula is C17H16Cl2N2. The number of para-hydroxylation sites is 1. The first-order valence-electron chi connectivity index (χ1n) is 6.95. The maximum Gasteiger partial charge on any atom is 0.128 e. The molecule has 0 aliphatic carbocycles. The van der Waals surface area contributed by atoms with Crippen LogP contribution in [0.4, 0.5) is 0 Å². The van der Waals surface area contributed by atoms with Gasteiger partial charge in [0.25, 0.3) is 0 Å². The zero-order chi connectivity index (χ0) is 15.0. The van der Waals surface area contributed by atoms with Crippen molar-refractivity contribution in [3.05, 3.63) is 64.9 Å². The molecule has 0 saturated carbocycles. The van der Waals surface area contributed by atoms with Gasteiger partial charge in [0.15, 0.2) is 0 Å². The second-order valence-electron chi connectivity index (χ2n) is 5.15. The van der Waals surface area contributed by atoms with Crippen LogP contribution in [0.5, 0.6) is 0 Å². The topological polar surface area (TPSA) is 17.8 Å². The number of nitrogens with zero attached hydrogens (tertiary/aromatic N) is 2. The molecule has 3 rings (SSSR count). The highest BCUT2D eigenvalue weighted by atomic mass is 35.5. The van der Waals surface area contributed by atoms with Gasteiger partial charge in [0.05, 0.1) is 22.0 Å². The highest BCUT2D eigenvalue weighted by Gasteiger charge is 2.21. The van der Waals surface area contributed by atoms with Crippen LogP contribution in [0.15, 0.2) is 48.5 Å². The molecule has 0 saturated heterocycles. The van der Waals surface area contributed by atoms with Crippen molar-refractivity contribution in [3.8, 4) is 0 Å². The molecule has 3 aromatic rings. The van der Waals surface area contributed by atoms with Gasteiger partial charge >= 0.3 is 0 Å². The molecule has 0 bridgehead atoms. The Balaban J connectivity index is 2.25. The molecule has 0 aliphatic rings. The summed E-state index contributed by atoms with van der Waals surface area (Å²) in [4.78, 5) is 4.66. The summed E-state index contributed by atoms with van der Waals surface area (Å²) in [6, 6.07) is 16.3. The molecule has 108 valence electrons. The average Bonchev–Trinajstić information content (AvgIpc) is 2.88. The number of hydrogen-bond donors (Lipinski definition) is 0. The van der Waals surface area contributed by atoms with E-state index in [1.54, 1.807) is 0 Å².